The molecule has 0 aliphatic rings. The van der Waals surface area contributed by atoms with Crippen LogP contribution in [0.5, 0.6) is 0 Å². The van der Waals surface area contributed by atoms with E-state index in [0.29, 0.717) is 28.6 Å². The first-order valence-electron chi connectivity index (χ1n) is 8.84. The van der Waals surface area contributed by atoms with Crippen LogP contribution in [-0.4, -0.2) is 34.8 Å². The second kappa shape index (κ2) is 7.47. The molecule has 0 spiro atoms. The summed E-state index contributed by atoms with van der Waals surface area (Å²) in [6.07, 6.45) is 0.994. The van der Waals surface area contributed by atoms with Crippen LogP contribution in [-0.2, 0) is 12.2 Å². The predicted octanol–water partition coefficient (Wildman–Crippen LogP) is 2.70. The number of aryl methyl sites for hydroxylation is 3. The second-order valence-corrected chi connectivity index (χ2v) is 7.28. The van der Waals surface area contributed by atoms with Crippen molar-refractivity contribution in [3.63, 3.8) is 0 Å². The minimum absolute atomic E-state index is 0.437. The molecule has 1 aromatic carbocycles. The Morgan fingerprint density at radius 3 is 2.61 bits per heavy atom. The molecule has 10 heteroatoms. The number of benzene rings is 1. The van der Waals surface area contributed by atoms with Crippen LogP contribution in [0.3, 0.4) is 0 Å². The first kappa shape index (κ1) is 18.2. The minimum Gasteiger partial charge on any atom is -0.338 e. The van der Waals surface area contributed by atoms with Crippen molar-refractivity contribution in [1.29, 1.82) is 0 Å². The molecule has 0 saturated heterocycles. The van der Waals surface area contributed by atoms with Crippen LogP contribution in [0, 0.1) is 13.8 Å². The lowest BCUT2D eigenvalue weighted by molar-refractivity contribution is 0.391. The van der Waals surface area contributed by atoms with E-state index in [9.17, 15) is 0 Å². The molecule has 28 heavy (non-hydrogen) atoms. The van der Waals surface area contributed by atoms with Crippen molar-refractivity contribution in [1.82, 2.24) is 34.8 Å². The second-order valence-electron chi connectivity index (χ2n) is 6.34. The molecule has 0 atom stereocenters. The van der Waals surface area contributed by atoms with Crippen molar-refractivity contribution >= 4 is 11.8 Å². The van der Waals surface area contributed by atoms with Gasteiger partial charge in [0.1, 0.15) is 0 Å². The molecule has 3 aromatic heterocycles. The Morgan fingerprint density at radius 1 is 1.14 bits per heavy atom. The van der Waals surface area contributed by atoms with Gasteiger partial charge in [0.15, 0.2) is 0 Å². The molecule has 0 radical (unpaired) electrons. The zero-order valence-electron chi connectivity index (χ0n) is 15.8. The summed E-state index contributed by atoms with van der Waals surface area (Å²) in [6.45, 7) is 5.98. The number of nitrogens with two attached hydrogens (primary N) is 1. The van der Waals surface area contributed by atoms with Crippen molar-refractivity contribution in [3.8, 4) is 17.3 Å². The predicted molar refractivity (Wildman–Crippen MR) is 105 cm³/mol. The number of rotatable bonds is 6. The monoisotopic (exact) mass is 396 g/mol. The van der Waals surface area contributed by atoms with E-state index in [1.165, 1.54) is 22.0 Å². The van der Waals surface area contributed by atoms with Crippen molar-refractivity contribution in [2.24, 2.45) is 0 Å². The maximum absolute atomic E-state index is 6.14. The van der Waals surface area contributed by atoms with Crippen LogP contribution >= 0.6 is 11.8 Å². The van der Waals surface area contributed by atoms with Gasteiger partial charge in [-0.3, -0.25) is 0 Å². The van der Waals surface area contributed by atoms with Crippen LogP contribution < -0.4 is 5.84 Å². The third kappa shape index (κ3) is 3.50. The van der Waals surface area contributed by atoms with Gasteiger partial charge in [-0.1, -0.05) is 48.1 Å². The molecule has 0 amide bonds. The SMILES string of the molecule is CCc1ccc(-c2noc(CSc3nnc(-n4nc(C)cc4C)n3N)n2)cc1. The first-order valence-corrected chi connectivity index (χ1v) is 9.82. The molecular weight excluding hydrogens is 376 g/mol. The molecule has 0 bridgehead atoms. The molecule has 0 aliphatic heterocycles. The zero-order chi connectivity index (χ0) is 19.7. The summed E-state index contributed by atoms with van der Waals surface area (Å²) in [5.74, 6) is 8.10. The molecule has 0 fully saturated rings. The van der Waals surface area contributed by atoms with Crippen LogP contribution in [0.25, 0.3) is 17.3 Å². The standard InChI is InChI=1S/C18H20N8OS/c1-4-13-5-7-14(8-6-13)16-20-15(27-24-16)10-28-18-22-21-17(25(18)19)26-12(3)9-11(2)23-26/h5-9H,4,10,19H2,1-3H3. The third-order valence-corrected chi connectivity index (χ3v) is 5.19. The fraction of sp³-hybridized carbons (Fsp3) is 0.278. The van der Waals surface area contributed by atoms with Gasteiger partial charge in [-0.05, 0) is 31.9 Å². The smallest absolute Gasteiger partial charge is 0.271 e. The lowest BCUT2D eigenvalue weighted by Crippen LogP contribution is -2.17. The van der Waals surface area contributed by atoms with Gasteiger partial charge in [0, 0.05) is 11.3 Å². The molecule has 0 unspecified atom stereocenters. The van der Waals surface area contributed by atoms with E-state index >= 15 is 0 Å². The zero-order valence-corrected chi connectivity index (χ0v) is 16.6. The molecule has 144 valence electrons. The Kier molecular flexibility index (Phi) is 4.86. The van der Waals surface area contributed by atoms with E-state index in [-0.39, 0.29) is 0 Å². The summed E-state index contributed by atoms with van der Waals surface area (Å²) >= 11 is 1.37. The highest BCUT2D eigenvalue weighted by Gasteiger charge is 2.16. The van der Waals surface area contributed by atoms with E-state index in [4.69, 9.17) is 10.4 Å². The van der Waals surface area contributed by atoms with Gasteiger partial charge >= 0.3 is 0 Å². The van der Waals surface area contributed by atoms with Crippen molar-refractivity contribution in [2.75, 3.05) is 5.84 Å². The number of hydrogen-bond acceptors (Lipinski definition) is 8. The van der Waals surface area contributed by atoms with Gasteiger partial charge in [0.25, 0.3) is 5.95 Å². The summed E-state index contributed by atoms with van der Waals surface area (Å²) < 4.78 is 8.42. The average molecular weight is 396 g/mol. The normalized spacial score (nSPS) is 11.2. The van der Waals surface area contributed by atoms with Crippen molar-refractivity contribution < 1.29 is 4.52 Å². The molecule has 2 N–H and O–H groups in total. The van der Waals surface area contributed by atoms with E-state index in [1.54, 1.807) is 4.68 Å². The van der Waals surface area contributed by atoms with Crippen molar-refractivity contribution in [2.45, 2.75) is 38.1 Å². The van der Waals surface area contributed by atoms with Crippen LogP contribution in [0.4, 0.5) is 0 Å². The van der Waals surface area contributed by atoms with Gasteiger partial charge in [-0.25, -0.2) is 9.36 Å². The fourth-order valence-electron chi connectivity index (χ4n) is 2.79. The number of nitrogens with zero attached hydrogens (tertiary/aromatic N) is 7. The molecule has 0 aliphatic carbocycles. The van der Waals surface area contributed by atoms with Gasteiger partial charge in [-0.2, -0.15) is 10.1 Å². The van der Waals surface area contributed by atoms with E-state index < -0.39 is 0 Å². The Bertz CT molecular complexity index is 1100. The minimum atomic E-state index is 0.437. The van der Waals surface area contributed by atoms with Crippen molar-refractivity contribution in [3.05, 3.63) is 53.2 Å². The maximum Gasteiger partial charge on any atom is 0.271 e. The molecule has 3 heterocycles. The maximum atomic E-state index is 6.14. The van der Waals surface area contributed by atoms with Crippen LogP contribution in [0.1, 0.15) is 29.8 Å². The lowest BCUT2D eigenvalue weighted by Gasteiger charge is -2.03. The summed E-state index contributed by atoms with van der Waals surface area (Å²) in [5, 5.41) is 17.3. The highest BCUT2D eigenvalue weighted by molar-refractivity contribution is 7.98. The van der Waals surface area contributed by atoms with Gasteiger partial charge in [0.2, 0.25) is 16.9 Å². The molecule has 0 saturated carbocycles. The van der Waals surface area contributed by atoms with Gasteiger partial charge in [-0.15, -0.1) is 10.2 Å². The van der Waals surface area contributed by atoms with Crippen LogP contribution in [0.15, 0.2) is 40.0 Å². The highest BCUT2D eigenvalue weighted by Crippen LogP contribution is 2.23. The third-order valence-electron chi connectivity index (χ3n) is 4.26. The van der Waals surface area contributed by atoms with E-state index in [2.05, 4.69) is 44.5 Å². The number of thioether (sulfide) groups is 1. The molecular formula is C18H20N8OS. The van der Waals surface area contributed by atoms with Gasteiger partial charge < -0.3 is 10.4 Å². The number of nitrogen functional groups attached to an aromatic ring is 1. The first-order chi connectivity index (χ1) is 13.5. The topological polar surface area (TPSA) is 113 Å². The Hall–Kier alpha value is -3.14. The number of aromatic nitrogens is 7. The lowest BCUT2D eigenvalue weighted by atomic mass is 10.1. The summed E-state index contributed by atoms with van der Waals surface area (Å²) in [6, 6.07) is 10.1. The summed E-state index contributed by atoms with van der Waals surface area (Å²) in [5.41, 5.74) is 4.01. The number of hydrogen-bond donors (Lipinski definition) is 1. The molecule has 4 aromatic rings. The Morgan fingerprint density at radius 2 is 1.93 bits per heavy atom. The fourth-order valence-corrected chi connectivity index (χ4v) is 3.48. The van der Waals surface area contributed by atoms with Gasteiger partial charge in [0.05, 0.1) is 11.4 Å². The van der Waals surface area contributed by atoms with E-state index in [1.807, 2.05) is 32.0 Å². The Balaban J connectivity index is 1.47. The highest BCUT2D eigenvalue weighted by atomic mass is 32.2. The van der Waals surface area contributed by atoms with E-state index in [0.717, 1.165) is 23.4 Å². The summed E-state index contributed by atoms with van der Waals surface area (Å²) in [4.78, 5) is 4.45. The largest absolute Gasteiger partial charge is 0.338 e. The average Bonchev–Trinajstić information content (AvgIpc) is 3.39. The van der Waals surface area contributed by atoms with Crippen LogP contribution in [0.2, 0.25) is 0 Å². The molecule has 9 nitrogen and oxygen atoms in total. The Labute approximate surface area is 165 Å². The quantitative estimate of drug-likeness (QED) is 0.391. The molecule has 4 rings (SSSR count). The summed E-state index contributed by atoms with van der Waals surface area (Å²) in [7, 11) is 0.